The first kappa shape index (κ1) is 22.0. The minimum absolute atomic E-state index is 0.144. The Morgan fingerprint density at radius 3 is 2.84 bits per heavy atom. The van der Waals surface area contributed by atoms with Crippen LogP contribution in [0.4, 0.5) is 0 Å². The molecule has 0 radical (unpaired) electrons. The molecule has 31 heavy (non-hydrogen) atoms. The summed E-state index contributed by atoms with van der Waals surface area (Å²) >= 11 is 0. The van der Waals surface area contributed by atoms with E-state index in [2.05, 4.69) is 23.2 Å². The van der Waals surface area contributed by atoms with Gasteiger partial charge in [-0.15, -0.1) is 0 Å². The number of aryl methyl sites for hydroxylation is 2. The van der Waals surface area contributed by atoms with Crippen LogP contribution in [0.3, 0.4) is 0 Å². The Balaban J connectivity index is 1.52. The zero-order valence-corrected chi connectivity index (χ0v) is 18.4. The number of benzene rings is 1. The lowest BCUT2D eigenvalue weighted by Gasteiger charge is -2.26. The number of aromatic nitrogens is 2. The van der Waals surface area contributed by atoms with Gasteiger partial charge in [0.05, 0.1) is 31.1 Å². The average molecular weight is 429 g/mol. The molecular formula is C24H32N2O5. The molecule has 2 aromatic rings. The van der Waals surface area contributed by atoms with E-state index in [1.807, 2.05) is 19.9 Å². The van der Waals surface area contributed by atoms with Gasteiger partial charge in [0.25, 0.3) is 0 Å². The second-order valence-electron chi connectivity index (χ2n) is 8.47. The van der Waals surface area contributed by atoms with Gasteiger partial charge in [-0.3, -0.25) is 4.57 Å². The number of ether oxygens (including phenoxy) is 3. The van der Waals surface area contributed by atoms with Gasteiger partial charge in [-0.25, -0.2) is 4.79 Å². The fourth-order valence-corrected chi connectivity index (χ4v) is 4.28. The molecule has 0 spiro atoms. The molecule has 1 aromatic heterocycles. The fraction of sp³-hybridized carbons (Fsp3) is 0.583. The van der Waals surface area contributed by atoms with Gasteiger partial charge in [-0.05, 0) is 43.2 Å². The van der Waals surface area contributed by atoms with E-state index in [9.17, 15) is 9.90 Å². The summed E-state index contributed by atoms with van der Waals surface area (Å²) in [5.41, 5.74) is 3.42. The fourth-order valence-electron chi connectivity index (χ4n) is 4.28. The van der Waals surface area contributed by atoms with Gasteiger partial charge in [0.2, 0.25) is 5.88 Å². The molecule has 1 N–H and O–H groups in total. The van der Waals surface area contributed by atoms with Gasteiger partial charge in [0.1, 0.15) is 12.7 Å². The maximum absolute atomic E-state index is 12.6. The average Bonchev–Trinajstić information content (AvgIpc) is 2.81. The molecule has 3 heterocycles. The first-order valence-electron chi connectivity index (χ1n) is 11.3. The molecule has 1 atom stereocenters. The molecule has 7 heteroatoms. The normalized spacial score (nSPS) is 18.4. The smallest absolute Gasteiger partial charge is 0.351 e. The lowest BCUT2D eigenvalue weighted by molar-refractivity contribution is -0.102. The highest BCUT2D eigenvalue weighted by molar-refractivity contribution is 5.67. The number of hydrogen-bond donors (Lipinski definition) is 1. The van der Waals surface area contributed by atoms with Crippen molar-refractivity contribution in [1.82, 2.24) is 9.55 Å². The number of hydrogen-bond acceptors (Lipinski definition) is 6. The van der Waals surface area contributed by atoms with Crippen LogP contribution in [0.2, 0.25) is 0 Å². The van der Waals surface area contributed by atoms with E-state index >= 15 is 0 Å². The maximum atomic E-state index is 12.6. The molecule has 2 aliphatic heterocycles. The number of nitrogens with zero attached hydrogens (tertiary/aromatic N) is 2. The minimum Gasteiger partial charge on any atom is -0.475 e. The van der Waals surface area contributed by atoms with Crippen molar-refractivity contribution in [1.29, 1.82) is 0 Å². The monoisotopic (exact) mass is 428 g/mol. The zero-order chi connectivity index (χ0) is 21.8. The summed E-state index contributed by atoms with van der Waals surface area (Å²) < 4.78 is 18.5. The van der Waals surface area contributed by atoms with Crippen LogP contribution in [-0.4, -0.2) is 52.8 Å². The summed E-state index contributed by atoms with van der Waals surface area (Å²) in [5, 5.41) is 10.6. The molecule has 1 unspecified atom stereocenters. The van der Waals surface area contributed by atoms with Crippen LogP contribution in [-0.2, 0) is 28.9 Å². The van der Waals surface area contributed by atoms with Gasteiger partial charge in [0.15, 0.2) is 0 Å². The highest BCUT2D eigenvalue weighted by Crippen LogP contribution is 2.31. The third-order valence-corrected chi connectivity index (χ3v) is 6.54. The van der Waals surface area contributed by atoms with E-state index in [1.165, 1.54) is 11.1 Å². The van der Waals surface area contributed by atoms with Gasteiger partial charge in [-0.1, -0.05) is 32.0 Å². The largest absolute Gasteiger partial charge is 0.475 e. The van der Waals surface area contributed by atoms with Crippen molar-refractivity contribution in [3.8, 4) is 17.1 Å². The van der Waals surface area contributed by atoms with Crippen LogP contribution in [0.5, 0.6) is 5.88 Å². The van der Waals surface area contributed by atoms with E-state index in [4.69, 9.17) is 14.2 Å². The molecule has 7 nitrogen and oxygen atoms in total. The first-order chi connectivity index (χ1) is 15.0. The van der Waals surface area contributed by atoms with Crippen molar-refractivity contribution in [2.75, 3.05) is 26.4 Å². The van der Waals surface area contributed by atoms with Crippen LogP contribution < -0.4 is 10.4 Å². The van der Waals surface area contributed by atoms with E-state index < -0.39 is 5.60 Å². The Hall–Kier alpha value is -2.22. The van der Waals surface area contributed by atoms with Gasteiger partial charge in [0, 0.05) is 18.2 Å². The van der Waals surface area contributed by atoms with Crippen molar-refractivity contribution in [3.05, 3.63) is 45.9 Å². The Bertz CT molecular complexity index is 961. The summed E-state index contributed by atoms with van der Waals surface area (Å²) in [6.07, 6.45) is 3.76. The standard InChI is InChI=1S/C24H32N2O5/c1-3-24(28,4-2)9-7-17-5-6-20-18(13-17)8-10-26-21(20)14-22(25-23(26)27)31-16-19-15-29-11-12-30-19/h5-6,13-14,19,28H,3-4,7-12,15-16H2,1-2H3. The quantitative estimate of drug-likeness (QED) is 0.696. The summed E-state index contributed by atoms with van der Waals surface area (Å²) in [7, 11) is 0. The third kappa shape index (κ3) is 5.00. The Morgan fingerprint density at radius 2 is 2.10 bits per heavy atom. The van der Waals surface area contributed by atoms with Crippen LogP contribution >= 0.6 is 0 Å². The molecule has 0 amide bonds. The molecule has 0 bridgehead atoms. The SMILES string of the molecule is CCC(O)(CC)CCc1ccc2c(c1)CCn1c-2cc(OCC2COCCO2)nc1=O. The van der Waals surface area contributed by atoms with Crippen LogP contribution in [0.1, 0.15) is 44.2 Å². The van der Waals surface area contributed by atoms with Crippen molar-refractivity contribution in [3.63, 3.8) is 0 Å². The zero-order valence-electron chi connectivity index (χ0n) is 18.4. The predicted molar refractivity (Wildman–Crippen MR) is 118 cm³/mol. The van der Waals surface area contributed by atoms with Crippen LogP contribution in [0.25, 0.3) is 11.3 Å². The topological polar surface area (TPSA) is 82.8 Å². The van der Waals surface area contributed by atoms with E-state index in [0.29, 0.717) is 38.9 Å². The molecule has 0 aliphatic carbocycles. The predicted octanol–water partition coefficient (Wildman–Crippen LogP) is 2.74. The van der Waals surface area contributed by atoms with Crippen LogP contribution in [0.15, 0.2) is 29.1 Å². The molecule has 1 fully saturated rings. The second kappa shape index (κ2) is 9.51. The van der Waals surface area contributed by atoms with Gasteiger partial charge in [-0.2, -0.15) is 4.98 Å². The summed E-state index contributed by atoms with van der Waals surface area (Å²) in [6.45, 7) is 6.62. The Labute approximate surface area is 183 Å². The summed E-state index contributed by atoms with van der Waals surface area (Å²) in [6, 6.07) is 8.23. The van der Waals surface area contributed by atoms with E-state index in [-0.39, 0.29) is 11.8 Å². The second-order valence-corrected chi connectivity index (χ2v) is 8.47. The van der Waals surface area contributed by atoms with Crippen molar-refractivity contribution < 1.29 is 19.3 Å². The van der Waals surface area contributed by atoms with E-state index in [0.717, 1.165) is 43.4 Å². The van der Waals surface area contributed by atoms with Gasteiger partial charge >= 0.3 is 5.69 Å². The summed E-state index contributed by atoms with van der Waals surface area (Å²) in [5.74, 6) is 0.318. The molecule has 0 saturated carbocycles. The Morgan fingerprint density at radius 1 is 1.26 bits per heavy atom. The maximum Gasteiger partial charge on any atom is 0.351 e. The molecule has 4 rings (SSSR count). The molecular weight excluding hydrogens is 396 g/mol. The minimum atomic E-state index is -0.596. The third-order valence-electron chi connectivity index (χ3n) is 6.54. The number of rotatable bonds is 8. The number of aliphatic hydroxyl groups is 1. The van der Waals surface area contributed by atoms with Crippen molar-refractivity contribution >= 4 is 0 Å². The first-order valence-corrected chi connectivity index (χ1v) is 11.3. The molecule has 1 saturated heterocycles. The lowest BCUT2D eigenvalue weighted by Crippen LogP contribution is -2.34. The highest BCUT2D eigenvalue weighted by atomic mass is 16.6. The van der Waals surface area contributed by atoms with Crippen LogP contribution in [0, 0.1) is 0 Å². The highest BCUT2D eigenvalue weighted by Gasteiger charge is 2.23. The molecule has 2 aliphatic rings. The summed E-state index contributed by atoms with van der Waals surface area (Å²) in [4.78, 5) is 16.7. The van der Waals surface area contributed by atoms with Gasteiger partial charge < -0.3 is 19.3 Å². The van der Waals surface area contributed by atoms with Crippen molar-refractivity contribution in [2.24, 2.45) is 0 Å². The Kier molecular flexibility index (Phi) is 6.74. The lowest BCUT2D eigenvalue weighted by atomic mass is 9.88. The number of fused-ring (bicyclic) bond motifs is 3. The molecule has 1 aromatic carbocycles. The van der Waals surface area contributed by atoms with E-state index in [1.54, 1.807) is 4.57 Å². The molecule has 168 valence electrons. The van der Waals surface area contributed by atoms with Crippen molar-refractivity contribution in [2.45, 2.75) is 64.2 Å².